The molecule has 4 rings (SSSR count). The van der Waals surface area contributed by atoms with Gasteiger partial charge < -0.3 is 5.11 Å². The zero-order valence-electron chi connectivity index (χ0n) is 17.4. The minimum Gasteiger partial charge on any atom is -0.396 e. The molecule has 2 aromatic carbocycles. The molecule has 0 amide bonds. The first kappa shape index (κ1) is 20.7. The second-order valence-electron chi connectivity index (χ2n) is 8.04. The van der Waals surface area contributed by atoms with Gasteiger partial charge in [0.2, 0.25) is 0 Å². The minimum absolute atomic E-state index is 0.188. The Morgan fingerprint density at radius 1 is 1.07 bits per heavy atom. The van der Waals surface area contributed by atoms with E-state index in [0.29, 0.717) is 11.7 Å². The standard InChI is InChI=1S/C24H29FN4O/c1-19-6-2-3-7-21(19)17-28-12-11-27(18-22(28)10-13-30)15-20-14-26-29(16-20)24-9-5-4-8-23(24)25/h2-9,14,16,22,30H,10-13,15,17-18H2,1H3. The monoisotopic (exact) mass is 408 g/mol. The number of hydrogen-bond acceptors (Lipinski definition) is 4. The molecule has 0 bridgehead atoms. The molecule has 1 unspecified atom stereocenters. The van der Waals surface area contributed by atoms with Gasteiger partial charge in [-0.25, -0.2) is 9.07 Å². The van der Waals surface area contributed by atoms with Gasteiger partial charge in [-0.05, 0) is 36.6 Å². The van der Waals surface area contributed by atoms with Crippen molar-refractivity contribution in [2.45, 2.75) is 32.5 Å². The van der Waals surface area contributed by atoms with Crippen LogP contribution >= 0.6 is 0 Å². The third kappa shape index (κ3) is 4.78. The van der Waals surface area contributed by atoms with Gasteiger partial charge in [-0.1, -0.05) is 36.4 Å². The Bertz CT molecular complexity index is 973. The average molecular weight is 409 g/mol. The third-order valence-electron chi connectivity index (χ3n) is 5.93. The van der Waals surface area contributed by atoms with Crippen molar-refractivity contribution >= 4 is 0 Å². The van der Waals surface area contributed by atoms with Crippen LogP contribution in [0.1, 0.15) is 23.1 Å². The fourth-order valence-electron chi connectivity index (χ4n) is 4.21. The second kappa shape index (κ2) is 9.51. The first-order valence-corrected chi connectivity index (χ1v) is 10.5. The predicted molar refractivity (Wildman–Crippen MR) is 116 cm³/mol. The van der Waals surface area contributed by atoms with E-state index in [1.165, 1.54) is 17.2 Å². The number of nitrogens with zero attached hydrogens (tertiary/aromatic N) is 4. The van der Waals surface area contributed by atoms with Crippen molar-refractivity contribution in [3.05, 3.63) is 83.4 Å². The maximum Gasteiger partial charge on any atom is 0.148 e. The van der Waals surface area contributed by atoms with Crippen LogP contribution in [-0.2, 0) is 13.1 Å². The van der Waals surface area contributed by atoms with Gasteiger partial charge in [-0.3, -0.25) is 9.80 Å². The van der Waals surface area contributed by atoms with E-state index in [9.17, 15) is 9.50 Å². The Morgan fingerprint density at radius 3 is 2.67 bits per heavy atom. The normalized spacial score (nSPS) is 18.0. The summed E-state index contributed by atoms with van der Waals surface area (Å²) in [6.07, 6.45) is 4.48. The summed E-state index contributed by atoms with van der Waals surface area (Å²) in [6, 6.07) is 15.5. The van der Waals surface area contributed by atoms with E-state index in [1.807, 2.05) is 18.5 Å². The molecular weight excluding hydrogens is 379 g/mol. The summed E-state index contributed by atoms with van der Waals surface area (Å²) in [5, 5.41) is 13.9. The highest BCUT2D eigenvalue weighted by atomic mass is 19.1. The molecule has 1 aromatic heterocycles. The van der Waals surface area contributed by atoms with Crippen LogP contribution in [0.2, 0.25) is 0 Å². The summed E-state index contributed by atoms with van der Waals surface area (Å²) in [6.45, 7) is 6.84. The van der Waals surface area contributed by atoms with Crippen LogP contribution in [0.15, 0.2) is 60.9 Å². The summed E-state index contributed by atoms with van der Waals surface area (Å²) < 4.78 is 15.6. The largest absolute Gasteiger partial charge is 0.396 e. The lowest BCUT2D eigenvalue weighted by molar-refractivity contribution is 0.0498. The van der Waals surface area contributed by atoms with E-state index in [1.54, 1.807) is 16.8 Å². The molecule has 1 saturated heterocycles. The Hall–Kier alpha value is -2.54. The SMILES string of the molecule is Cc1ccccc1CN1CCN(Cc2cnn(-c3ccccc3F)c2)CC1CCO. The molecule has 3 aromatic rings. The van der Waals surface area contributed by atoms with Crippen LogP contribution in [0.25, 0.3) is 5.69 Å². The Balaban J connectivity index is 1.41. The van der Waals surface area contributed by atoms with Crippen molar-refractivity contribution in [1.82, 2.24) is 19.6 Å². The van der Waals surface area contributed by atoms with Gasteiger partial charge in [0.1, 0.15) is 11.5 Å². The summed E-state index contributed by atoms with van der Waals surface area (Å²) >= 11 is 0. The van der Waals surface area contributed by atoms with Crippen molar-refractivity contribution in [3.63, 3.8) is 0 Å². The molecular formula is C24H29FN4O. The number of para-hydroxylation sites is 1. The predicted octanol–water partition coefficient (Wildman–Crippen LogP) is 3.39. The van der Waals surface area contributed by atoms with Crippen molar-refractivity contribution in [1.29, 1.82) is 0 Å². The van der Waals surface area contributed by atoms with E-state index in [2.05, 4.69) is 46.1 Å². The number of aliphatic hydroxyl groups excluding tert-OH is 1. The molecule has 0 radical (unpaired) electrons. The molecule has 1 aliphatic heterocycles. The molecule has 1 fully saturated rings. The Kier molecular flexibility index (Phi) is 6.57. The number of rotatable bonds is 7. The second-order valence-corrected chi connectivity index (χ2v) is 8.04. The van der Waals surface area contributed by atoms with Crippen molar-refractivity contribution in [2.75, 3.05) is 26.2 Å². The molecule has 6 heteroatoms. The van der Waals surface area contributed by atoms with Gasteiger partial charge in [0, 0.05) is 57.1 Å². The smallest absolute Gasteiger partial charge is 0.148 e. The van der Waals surface area contributed by atoms with Gasteiger partial charge in [0.05, 0.1) is 6.20 Å². The van der Waals surface area contributed by atoms with Crippen molar-refractivity contribution in [2.24, 2.45) is 0 Å². The average Bonchev–Trinajstić information content (AvgIpc) is 3.20. The van der Waals surface area contributed by atoms with E-state index in [0.717, 1.165) is 44.7 Å². The van der Waals surface area contributed by atoms with Gasteiger partial charge in [-0.15, -0.1) is 0 Å². The van der Waals surface area contributed by atoms with Crippen LogP contribution in [0, 0.1) is 12.7 Å². The lowest BCUT2D eigenvalue weighted by Crippen LogP contribution is -2.52. The number of aryl methyl sites for hydroxylation is 1. The molecule has 5 nitrogen and oxygen atoms in total. The van der Waals surface area contributed by atoms with Crippen molar-refractivity contribution < 1.29 is 9.50 Å². The Labute approximate surface area is 177 Å². The molecule has 0 spiro atoms. The highest BCUT2D eigenvalue weighted by molar-refractivity contribution is 5.33. The highest BCUT2D eigenvalue weighted by Gasteiger charge is 2.27. The molecule has 2 heterocycles. The lowest BCUT2D eigenvalue weighted by atomic mass is 10.0. The van der Waals surface area contributed by atoms with Crippen LogP contribution in [-0.4, -0.2) is 57.0 Å². The van der Waals surface area contributed by atoms with E-state index in [-0.39, 0.29) is 12.4 Å². The third-order valence-corrected chi connectivity index (χ3v) is 5.93. The van der Waals surface area contributed by atoms with Crippen molar-refractivity contribution in [3.8, 4) is 5.69 Å². The van der Waals surface area contributed by atoms with Gasteiger partial charge >= 0.3 is 0 Å². The number of piperazine rings is 1. The number of halogens is 1. The molecule has 1 N–H and O–H groups in total. The van der Waals surface area contributed by atoms with E-state index in [4.69, 9.17) is 0 Å². The fraction of sp³-hybridized carbons (Fsp3) is 0.375. The summed E-state index contributed by atoms with van der Waals surface area (Å²) in [4.78, 5) is 4.88. The Morgan fingerprint density at radius 2 is 1.87 bits per heavy atom. The summed E-state index contributed by atoms with van der Waals surface area (Å²) in [5.74, 6) is -0.278. The molecule has 158 valence electrons. The number of hydrogen-bond donors (Lipinski definition) is 1. The summed E-state index contributed by atoms with van der Waals surface area (Å²) in [7, 11) is 0. The first-order chi connectivity index (χ1) is 14.6. The molecule has 0 saturated carbocycles. The highest BCUT2D eigenvalue weighted by Crippen LogP contribution is 2.20. The molecule has 0 aliphatic carbocycles. The molecule has 1 aliphatic rings. The van der Waals surface area contributed by atoms with E-state index < -0.39 is 0 Å². The molecule has 1 atom stereocenters. The number of benzene rings is 2. The quantitative estimate of drug-likeness (QED) is 0.651. The van der Waals surface area contributed by atoms with Gasteiger partial charge in [0.15, 0.2) is 0 Å². The first-order valence-electron chi connectivity index (χ1n) is 10.5. The van der Waals surface area contributed by atoms with Gasteiger partial charge in [0.25, 0.3) is 0 Å². The van der Waals surface area contributed by atoms with Crippen LogP contribution in [0.4, 0.5) is 4.39 Å². The zero-order valence-corrected chi connectivity index (χ0v) is 17.4. The van der Waals surface area contributed by atoms with E-state index >= 15 is 0 Å². The maximum atomic E-state index is 14.0. The summed E-state index contributed by atoms with van der Waals surface area (Å²) in [5.41, 5.74) is 4.18. The number of aliphatic hydroxyl groups is 1. The van der Waals surface area contributed by atoms with Crippen LogP contribution in [0.3, 0.4) is 0 Å². The topological polar surface area (TPSA) is 44.5 Å². The van der Waals surface area contributed by atoms with Crippen LogP contribution in [0.5, 0.6) is 0 Å². The minimum atomic E-state index is -0.278. The molecule has 30 heavy (non-hydrogen) atoms. The van der Waals surface area contributed by atoms with Crippen LogP contribution < -0.4 is 0 Å². The maximum absolute atomic E-state index is 14.0. The lowest BCUT2D eigenvalue weighted by Gasteiger charge is -2.41. The zero-order chi connectivity index (χ0) is 20.9. The fourth-order valence-corrected chi connectivity index (χ4v) is 4.21. The number of aromatic nitrogens is 2. The van der Waals surface area contributed by atoms with Gasteiger partial charge in [-0.2, -0.15) is 5.10 Å².